The SMILES string of the molecule is CN1C(=O)[C@]2(Cl)C[C@@H]3C(=CC[C@@H]4C(=O)N(CCCC(=O)O)C(=O)[C@@H]43)[C@H](c3ccc(O)c(F)c3)[C@]2(Cl)C1=O. The molecule has 4 aliphatic rings. The molecule has 2 N–H and O–H groups in total. The number of alkyl halides is 2. The third-order valence-corrected chi connectivity index (χ3v) is 9.60. The number of amides is 4. The summed E-state index contributed by atoms with van der Waals surface area (Å²) in [5.41, 5.74) is 0.693. The first kappa shape index (κ1) is 25.7. The van der Waals surface area contributed by atoms with Gasteiger partial charge in [0.05, 0.1) is 11.8 Å². The number of fused-ring (bicyclic) bond motifs is 4. The van der Waals surface area contributed by atoms with Gasteiger partial charge >= 0.3 is 5.97 Å². The number of allylic oxidation sites excluding steroid dienone is 2. The van der Waals surface area contributed by atoms with E-state index < -0.39 is 74.6 Å². The minimum Gasteiger partial charge on any atom is -0.505 e. The van der Waals surface area contributed by atoms with Gasteiger partial charge in [-0.25, -0.2) is 4.39 Å². The molecule has 2 aliphatic heterocycles. The van der Waals surface area contributed by atoms with Crippen LogP contribution in [0.25, 0.3) is 0 Å². The van der Waals surface area contributed by atoms with Crippen LogP contribution in [0.5, 0.6) is 5.75 Å². The maximum Gasteiger partial charge on any atom is 0.303 e. The summed E-state index contributed by atoms with van der Waals surface area (Å²) in [5, 5.41) is 18.7. The second kappa shape index (κ2) is 8.52. The van der Waals surface area contributed by atoms with Crippen LogP contribution >= 0.6 is 23.2 Å². The number of nitrogens with zero attached hydrogens (tertiary/aromatic N) is 2. The topological polar surface area (TPSA) is 132 Å². The Hall–Kier alpha value is -2.98. The second-order valence-electron chi connectivity index (χ2n) is 10.0. The fourth-order valence-corrected chi connectivity index (χ4v) is 7.51. The molecule has 0 bridgehead atoms. The van der Waals surface area contributed by atoms with Crippen LogP contribution in [0.2, 0.25) is 0 Å². The highest BCUT2D eigenvalue weighted by Gasteiger charge is 2.75. The summed E-state index contributed by atoms with van der Waals surface area (Å²) in [6.45, 7) is -0.0583. The summed E-state index contributed by atoms with van der Waals surface area (Å²) in [6, 6.07) is 3.51. The number of benzene rings is 1. The standard InChI is InChI=1S/C25H23Cl2FN2O7/c1-29-22(36)24(26)10-14-12(19(25(24,27)23(29)37)11-4-7-16(31)15(28)9-11)5-6-13-18(14)21(35)30(20(13)34)8-2-3-17(32)33/h4-5,7,9,13-14,18-19,31H,2-3,6,8,10H2,1H3,(H,32,33)/t13-,14+,18-,19-,24+,25-/m0/s1. The van der Waals surface area contributed by atoms with Crippen molar-refractivity contribution in [3.05, 3.63) is 41.2 Å². The first-order valence-corrected chi connectivity index (χ1v) is 12.6. The Morgan fingerprint density at radius 2 is 1.84 bits per heavy atom. The third-order valence-electron chi connectivity index (χ3n) is 8.18. The molecule has 1 aromatic carbocycles. The van der Waals surface area contributed by atoms with Gasteiger partial charge in [-0.3, -0.25) is 33.8 Å². The highest BCUT2D eigenvalue weighted by molar-refractivity contribution is 6.53. The van der Waals surface area contributed by atoms with Crippen molar-refractivity contribution >= 4 is 52.8 Å². The Labute approximate surface area is 220 Å². The van der Waals surface area contributed by atoms with Crippen LogP contribution in [-0.4, -0.2) is 73.0 Å². The third kappa shape index (κ3) is 3.38. The molecule has 2 saturated heterocycles. The monoisotopic (exact) mass is 552 g/mol. The largest absolute Gasteiger partial charge is 0.505 e. The van der Waals surface area contributed by atoms with Crippen molar-refractivity contribution in [2.24, 2.45) is 17.8 Å². The number of rotatable bonds is 5. The van der Waals surface area contributed by atoms with Crippen LogP contribution in [0.1, 0.15) is 37.2 Å². The van der Waals surface area contributed by atoms with Crippen molar-refractivity contribution in [2.45, 2.75) is 41.3 Å². The lowest BCUT2D eigenvalue weighted by Crippen LogP contribution is -2.60. The smallest absolute Gasteiger partial charge is 0.303 e. The van der Waals surface area contributed by atoms with Crippen LogP contribution in [-0.2, 0) is 24.0 Å². The number of carboxylic acid groups (broad SMARTS) is 1. The molecule has 1 aromatic rings. The number of hydrogen-bond donors (Lipinski definition) is 2. The van der Waals surface area contributed by atoms with Gasteiger partial charge in [0, 0.05) is 25.9 Å². The number of hydrogen-bond acceptors (Lipinski definition) is 6. The van der Waals surface area contributed by atoms with Gasteiger partial charge in [-0.05, 0) is 42.9 Å². The van der Waals surface area contributed by atoms with E-state index in [4.69, 9.17) is 28.3 Å². The Morgan fingerprint density at radius 3 is 2.49 bits per heavy atom. The predicted octanol–water partition coefficient (Wildman–Crippen LogP) is 2.38. The summed E-state index contributed by atoms with van der Waals surface area (Å²) >= 11 is 13.9. The lowest BCUT2D eigenvalue weighted by molar-refractivity contribution is -0.142. The predicted molar refractivity (Wildman–Crippen MR) is 127 cm³/mol. The molecule has 12 heteroatoms. The van der Waals surface area contributed by atoms with Crippen LogP contribution in [0.15, 0.2) is 29.8 Å². The molecular formula is C25H23Cl2FN2O7. The van der Waals surface area contributed by atoms with Crippen LogP contribution in [0.4, 0.5) is 4.39 Å². The van der Waals surface area contributed by atoms with Gasteiger partial charge in [0.15, 0.2) is 21.3 Å². The molecule has 37 heavy (non-hydrogen) atoms. The van der Waals surface area contributed by atoms with Crippen LogP contribution in [0.3, 0.4) is 0 Å². The van der Waals surface area contributed by atoms with Crippen molar-refractivity contribution in [1.29, 1.82) is 0 Å². The quantitative estimate of drug-likeness (QED) is 0.325. The van der Waals surface area contributed by atoms with Crippen molar-refractivity contribution in [1.82, 2.24) is 9.80 Å². The van der Waals surface area contributed by atoms with Crippen LogP contribution in [0, 0.1) is 23.6 Å². The van der Waals surface area contributed by atoms with Gasteiger partial charge in [0.25, 0.3) is 11.8 Å². The number of halogens is 3. The minimum absolute atomic E-state index is 0.0583. The van der Waals surface area contributed by atoms with E-state index >= 15 is 0 Å². The fraction of sp³-hybridized carbons (Fsp3) is 0.480. The summed E-state index contributed by atoms with van der Waals surface area (Å²) in [5.74, 6) is -8.59. The van der Waals surface area contributed by atoms with Gasteiger partial charge in [-0.15, -0.1) is 23.2 Å². The van der Waals surface area contributed by atoms with Gasteiger partial charge < -0.3 is 10.2 Å². The second-order valence-corrected chi connectivity index (χ2v) is 11.3. The summed E-state index contributed by atoms with van der Waals surface area (Å²) in [7, 11) is 1.25. The van der Waals surface area contributed by atoms with E-state index in [1.807, 2.05) is 0 Å². The number of aromatic hydroxyl groups is 1. The molecule has 9 nitrogen and oxygen atoms in total. The van der Waals surface area contributed by atoms with E-state index in [1.165, 1.54) is 13.1 Å². The van der Waals surface area contributed by atoms with Crippen molar-refractivity contribution in [2.75, 3.05) is 13.6 Å². The number of imide groups is 2. The van der Waals surface area contributed by atoms with Gasteiger partial charge in [-0.2, -0.15) is 0 Å². The van der Waals surface area contributed by atoms with Crippen molar-refractivity contribution < 1.29 is 38.6 Å². The maximum absolute atomic E-state index is 14.5. The van der Waals surface area contributed by atoms with E-state index in [0.717, 1.165) is 21.9 Å². The van der Waals surface area contributed by atoms with E-state index in [2.05, 4.69) is 0 Å². The number of likely N-dealkylation sites (tertiary alicyclic amines) is 2. The lowest BCUT2D eigenvalue weighted by Gasteiger charge is -2.50. The normalized spacial score (nSPS) is 34.9. The number of phenolic OH excluding ortho intramolecular Hbond substituents is 1. The van der Waals surface area contributed by atoms with Gasteiger partial charge in [0.2, 0.25) is 11.8 Å². The van der Waals surface area contributed by atoms with E-state index in [9.17, 15) is 33.5 Å². The Morgan fingerprint density at radius 1 is 1.14 bits per heavy atom. The number of aliphatic carboxylic acids is 1. The number of carbonyl (C=O) groups is 5. The summed E-state index contributed by atoms with van der Waals surface area (Å²) in [4.78, 5) is 62.1. The molecule has 4 amide bonds. The average Bonchev–Trinajstić information content (AvgIpc) is 3.16. The minimum atomic E-state index is -2.04. The molecule has 0 radical (unpaired) electrons. The number of carboxylic acids is 1. The number of phenols is 1. The highest BCUT2D eigenvalue weighted by Crippen LogP contribution is 2.65. The van der Waals surface area contributed by atoms with Crippen molar-refractivity contribution in [3.63, 3.8) is 0 Å². The Balaban J connectivity index is 1.62. The summed E-state index contributed by atoms with van der Waals surface area (Å²) < 4.78 is 14.5. The van der Waals surface area contributed by atoms with Gasteiger partial charge in [-0.1, -0.05) is 17.7 Å². The van der Waals surface area contributed by atoms with E-state index in [-0.39, 0.29) is 37.8 Å². The first-order chi connectivity index (χ1) is 17.3. The molecule has 3 fully saturated rings. The molecule has 0 aromatic heterocycles. The Kier molecular flexibility index (Phi) is 5.91. The average molecular weight is 553 g/mol. The molecular weight excluding hydrogens is 530 g/mol. The molecule has 0 spiro atoms. The van der Waals surface area contributed by atoms with Crippen LogP contribution < -0.4 is 0 Å². The van der Waals surface area contributed by atoms with E-state index in [0.29, 0.717) is 5.57 Å². The van der Waals surface area contributed by atoms with E-state index in [1.54, 1.807) is 6.08 Å². The molecule has 6 atom stereocenters. The highest BCUT2D eigenvalue weighted by atomic mass is 35.5. The zero-order valence-corrected chi connectivity index (χ0v) is 21.1. The number of carbonyl (C=O) groups excluding carboxylic acids is 4. The van der Waals surface area contributed by atoms with Crippen molar-refractivity contribution in [3.8, 4) is 5.75 Å². The molecule has 2 aliphatic carbocycles. The molecule has 1 saturated carbocycles. The molecule has 0 unspecified atom stereocenters. The molecule has 196 valence electrons. The Bertz CT molecular complexity index is 1300. The molecule has 2 heterocycles. The van der Waals surface area contributed by atoms with Gasteiger partial charge in [0.1, 0.15) is 0 Å². The maximum atomic E-state index is 14.5. The zero-order chi connectivity index (χ0) is 27.0. The lowest BCUT2D eigenvalue weighted by atomic mass is 9.56. The molecule has 5 rings (SSSR count). The first-order valence-electron chi connectivity index (χ1n) is 11.8. The fourth-order valence-electron chi connectivity index (χ4n) is 6.49. The zero-order valence-electron chi connectivity index (χ0n) is 19.6. The summed E-state index contributed by atoms with van der Waals surface area (Å²) in [6.07, 6.45) is 1.54.